The molecule has 0 aromatic heterocycles. The van der Waals surface area contributed by atoms with Crippen molar-refractivity contribution in [3.05, 3.63) is 0 Å². The van der Waals surface area contributed by atoms with Gasteiger partial charge in [-0.3, -0.25) is 14.4 Å². The van der Waals surface area contributed by atoms with Crippen LogP contribution in [0.3, 0.4) is 0 Å². The van der Waals surface area contributed by atoms with Gasteiger partial charge in [-0.2, -0.15) is 0 Å². The monoisotopic (exact) mass is 363 g/mol. The second-order valence-corrected chi connectivity index (χ2v) is 8.09. The predicted octanol–water partition coefficient (Wildman–Crippen LogP) is 1.98. The Morgan fingerprint density at radius 1 is 0.692 bits per heavy atom. The lowest BCUT2D eigenvalue weighted by molar-refractivity contribution is -0.142. The molecule has 2 saturated carbocycles. The van der Waals surface area contributed by atoms with Crippen molar-refractivity contribution in [1.82, 2.24) is 15.5 Å². The number of hydrogen-bond acceptors (Lipinski definition) is 3. The molecule has 3 amide bonds. The number of nitrogens with zero attached hydrogens (tertiary/aromatic N) is 1. The minimum atomic E-state index is -0.324. The van der Waals surface area contributed by atoms with Gasteiger partial charge in [0.15, 0.2) is 0 Å². The van der Waals surface area contributed by atoms with Gasteiger partial charge in [-0.05, 0) is 38.5 Å². The maximum Gasteiger partial charge on any atom is 0.242 e. The zero-order valence-electron chi connectivity index (χ0n) is 15.8. The van der Waals surface area contributed by atoms with Gasteiger partial charge in [-0.15, -0.1) is 0 Å². The zero-order chi connectivity index (χ0) is 18.4. The molecule has 6 nitrogen and oxygen atoms in total. The summed E-state index contributed by atoms with van der Waals surface area (Å²) < 4.78 is 0. The minimum absolute atomic E-state index is 0.0678. The SMILES string of the molecule is O=C(NCCNC(=O)C1CCCN1C(=O)C1CCCCC1)C1CCCC1. The topological polar surface area (TPSA) is 78.5 Å². The summed E-state index contributed by atoms with van der Waals surface area (Å²) in [6, 6.07) is -0.324. The van der Waals surface area contributed by atoms with Crippen molar-refractivity contribution in [2.45, 2.75) is 76.7 Å². The summed E-state index contributed by atoms with van der Waals surface area (Å²) in [5, 5.41) is 5.83. The highest BCUT2D eigenvalue weighted by Gasteiger charge is 2.37. The van der Waals surface area contributed by atoms with E-state index in [1.807, 2.05) is 4.90 Å². The van der Waals surface area contributed by atoms with Crippen LogP contribution in [0.15, 0.2) is 0 Å². The van der Waals surface area contributed by atoms with E-state index in [0.29, 0.717) is 19.6 Å². The molecular formula is C20H33N3O3. The van der Waals surface area contributed by atoms with E-state index in [1.54, 1.807) is 0 Å². The molecule has 1 atom stereocenters. The lowest BCUT2D eigenvalue weighted by atomic mass is 9.88. The van der Waals surface area contributed by atoms with Crippen molar-refractivity contribution in [3.63, 3.8) is 0 Å². The summed E-state index contributed by atoms with van der Waals surface area (Å²) in [6.07, 6.45) is 11.3. The Bertz CT molecular complexity index is 510. The molecule has 0 spiro atoms. The van der Waals surface area contributed by atoms with Gasteiger partial charge in [0, 0.05) is 31.5 Å². The molecule has 1 saturated heterocycles. The maximum atomic E-state index is 12.8. The van der Waals surface area contributed by atoms with Crippen LogP contribution in [0.4, 0.5) is 0 Å². The van der Waals surface area contributed by atoms with Crippen molar-refractivity contribution in [2.75, 3.05) is 19.6 Å². The van der Waals surface area contributed by atoms with Crippen LogP contribution in [0.5, 0.6) is 0 Å². The molecule has 2 aliphatic carbocycles. The average Bonchev–Trinajstić information content (AvgIpc) is 3.37. The van der Waals surface area contributed by atoms with Crippen molar-refractivity contribution >= 4 is 17.7 Å². The fourth-order valence-corrected chi connectivity index (χ4v) is 4.71. The van der Waals surface area contributed by atoms with Crippen molar-refractivity contribution in [2.24, 2.45) is 11.8 Å². The highest BCUT2D eigenvalue weighted by atomic mass is 16.2. The van der Waals surface area contributed by atoms with Crippen LogP contribution in [-0.4, -0.2) is 48.3 Å². The van der Waals surface area contributed by atoms with Gasteiger partial charge in [-0.25, -0.2) is 0 Å². The predicted molar refractivity (Wildman–Crippen MR) is 99.3 cm³/mol. The third-order valence-corrected chi connectivity index (χ3v) is 6.24. The highest BCUT2D eigenvalue weighted by Crippen LogP contribution is 2.29. The molecule has 2 N–H and O–H groups in total. The molecule has 1 unspecified atom stereocenters. The third kappa shape index (κ3) is 4.77. The smallest absolute Gasteiger partial charge is 0.242 e. The molecule has 1 heterocycles. The van der Waals surface area contributed by atoms with E-state index in [2.05, 4.69) is 10.6 Å². The maximum absolute atomic E-state index is 12.8. The van der Waals surface area contributed by atoms with Crippen LogP contribution in [0.1, 0.15) is 70.6 Å². The fraction of sp³-hybridized carbons (Fsp3) is 0.850. The number of hydrogen-bond donors (Lipinski definition) is 2. The number of amides is 3. The zero-order valence-corrected chi connectivity index (χ0v) is 15.8. The Morgan fingerprint density at radius 2 is 1.27 bits per heavy atom. The van der Waals surface area contributed by atoms with Gasteiger partial charge in [-0.1, -0.05) is 32.1 Å². The Balaban J connectivity index is 1.40. The molecule has 0 aromatic rings. The number of carbonyl (C=O) groups is 3. The van der Waals surface area contributed by atoms with Gasteiger partial charge in [0.1, 0.15) is 6.04 Å². The molecule has 0 aromatic carbocycles. The number of carbonyl (C=O) groups excluding carboxylic acids is 3. The Kier molecular flexibility index (Phi) is 6.92. The Labute approximate surface area is 156 Å². The van der Waals surface area contributed by atoms with E-state index in [4.69, 9.17) is 0 Å². The van der Waals surface area contributed by atoms with Gasteiger partial charge in [0.05, 0.1) is 0 Å². The first kappa shape index (κ1) is 19.2. The molecule has 146 valence electrons. The third-order valence-electron chi connectivity index (χ3n) is 6.24. The summed E-state index contributed by atoms with van der Waals surface area (Å²) in [5.41, 5.74) is 0. The molecule has 3 aliphatic rings. The summed E-state index contributed by atoms with van der Waals surface area (Å²) in [6.45, 7) is 1.59. The number of nitrogens with one attached hydrogen (secondary N) is 2. The Morgan fingerprint density at radius 3 is 1.96 bits per heavy atom. The first-order valence-electron chi connectivity index (χ1n) is 10.5. The van der Waals surface area contributed by atoms with Gasteiger partial charge in [0.2, 0.25) is 17.7 Å². The van der Waals surface area contributed by atoms with Crippen molar-refractivity contribution in [1.29, 1.82) is 0 Å². The number of likely N-dealkylation sites (tertiary alicyclic amines) is 1. The van der Waals surface area contributed by atoms with Crippen LogP contribution in [0.2, 0.25) is 0 Å². The second-order valence-electron chi connectivity index (χ2n) is 8.09. The molecular weight excluding hydrogens is 330 g/mol. The summed E-state index contributed by atoms with van der Waals surface area (Å²) in [7, 11) is 0. The molecule has 3 rings (SSSR count). The molecule has 0 radical (unpaired) electrons. The van der Waals surface area contributed by atoms with Gasteiger partial charge >= 0.3 is 0 Å². The quantitative estimate of drug-likeness (QED) is 0.708. The average molecular weight is 364 g/mol. The van der Waals surface area contributed by atoms with Crippen molar-refractivity contribution in [3.8, 4) is 0 Å². The molecule has 6 heteroatoms. The second kappa shape index (κ2) is 9.38. The normalized spacial score (nSPS) is 24.6. The number of rotatable bonds is 6. The minimum Gasteiger partial charge on any atom is -0.354 e. The van der Waals surface area contributed by atoms with Crippen LogP contribution < -0.4 is 10.6 Å². The summed E-state index contributed by atoms with van der Waals surface area (Å²) in [4.78, 5) is 39.1. The van der Waals surface area contributed by atoms with E-state index >= 15 is 0 Å². The first-order chi connectivity index (χ1) is 12.7. The van der Waals surface area contributed by atoms with E-state index < -0.39 is 0 Å². The Hall–Kier alpha value is -1.59. The lowest BCUT2D eigenvalue weighted by Crippen LogP contribution is -2.49. The molecule has 1 aliphatic heterocycles. The fourth-order valence-electron chi connectivity index (χ4n) is 4.71. The van der Waals surface area contributed by atoms with E-state index in [1.165, 1.54) is 6.42 Å². The molecule has 0 bridgehead atoms. The highest BCUT2D eigenvalue weighted by molar-refractivity contribution is 5.89. The van der Waals surface area contributed by atoms with E-state index in [0.717, 1.165) is 64.2 Å². The van der Waals surface area contributed by atoms with E-state index in [9.17, 15) is 14.4 Å². The van der Waals surface area contributed by atoms with Crippen LogP contribution in [0.25, 0.3) is 0 Å². The van der Waals surface area contributed by atoms with Crippen LogP contribution in [-0.2, 0) is 14.4 Å². The lowest BCUT2D eigenvalue weighted by Gasteiger charge is -2.30. The van der Waals surface area contributed by atoms with Crippen molar-refractivity contribution < 1.29 is 14.4 Å². The largest absolute Gasteiger partial charge is 0.354 e. The molecule has 26 heavy (non-hydrogen) atoms. The first-order valence-corrected chi connectivity index (χ1v) is 10.5. The standard InChI is InChI=1S/C20H33N3O3/c24-18(15-7-4-5-8-15)21-12-13-22-19(25)17-11-6-14-23(17)20(26)16-9-2-1-3-10-16/h15-17H,1-14H2,(H,21,24)(H,22,25). The van der Waals surface area contributed by atoms with E-state index in [-0.39, 0.29) is 35.6 Å². The summed E-state index contributed by atoms with van der Waals surface area (Å²) in [5.74, 6) is 0.498. The van der Waals surface area contributed by atoms with Gasteiger partial charge in [0.25, 0.3) is 0 Å². The summed E-state index contributed by atoms with van der Waals surface area (Å²) >= 11 is 0. The van der Waals surface area contributed by atoms with Crippen LogP contribution >= 0.6 is 0 Å². The van der Waals surface area contributed by atoms with Crippen LogP contribution in [0, 0.1) is 11.8 Å². The molecule has 3 fully saturated rings. The van der Waals surface area contributed by atoms with Gasteiger partial charge < -0.3 is 15.5 Å².